The van der Waals surface area contributed by atoms with Crippen LogP contribution in [0.4, 0.5) is 0 Å². The molecule has 1 rings (SSSR count). The van der Waals surface area contributed by atoms with Gasteiger partial charge < -0.3 is 24.1 Å². The van der Waals surface area contributed by atoms with Gasteiger partial charge in [-0.1, -0.05) is 12.1 Å². The molecule has 0 radical (unpaired) electrons. The SMILES string of the molecule is CCOCCOCCOc1ccc(CCC[C@H](O)C(=O)OC)cc1. The van der Waals surface area contributed by atoms with Crippen molar-refractivity contribution in [3.8, 4) is 5.75 Å². The lowest BCUT2D eigenvalue weighted by molar-refractivity contribution is -0.150. The van der Waals surface area contributed by atoms with Gasteiger partial charge in [-0.05, 0) is 43.9 Å². The van der Waals surface area contributed by atoms with E-state index in [4.69, 9.17) is 14.2 Å². The molecule has 6 nitrogen and oxygen atoms in total. The Bertz CT molecular complexity index is 445. The summed E-state index contributed by atoms with van der Waals surface area (Å²) in [5, 5.41) is 9.51. The number of esters is 1. The molecular weight excluding hydrogens is 312 g/mol. The topological polar surface area (TPSA) is 74.2 Å². The lowest BCUT2D eigenvalue weighted by Crippen LogP contribution is -2.21. The van der Waals surface area contributed by atoms with Crippen molar-refractivity contribution in [2.75, 3.05) is 40.1 Å². The van der Waals surface area contributed by atoms with E-state index >= 15 is 0 Å². The zero-order valence-electron chi connectivity index (χ0n) is 14.5. The average molecular weight is 340 g/mol. The number of carbonyl (C=O) groups excluding carboxylic acids is 1. The van der Waals surface area contributed by atoms with Crippen molar-refractivity contribution in [3.05, 3.63) is 29.8 Å². The van der Waals surface area contributed by atoms with E-state index in [1.165, 1.54) is 7.11 Å². The van der Waals surface area contributed by atoms with E-state index in [9.17, 15) is 9.90 Å². The quantitative estimate of drug-likeness (QED) is 0.437. The Labute approximate surface area is 143 Å². The minimum Gasteiger partial charge on any atom is -0.491 e. The smallest absolute Gasteiger partial charge is 0.334 e. The molecule has 24 heavy (non-hydrogen) atoms. The molecule has 0 saturated carbocycles. The third kappa shape index (κ3) is 8.86. The molecule has 0 aromatic heterocycles. The molecule has 0 aliphatic heterocycles. The van der Waals surface area contributed by atoms with Crippen molar-refractivity contribution in [1.29, 1.82) is 0 Å². The number of rotatable bonds is 13. The maximum Gasteiger partial charge on any atom is 0.334 e. The first-order chi connectivity index (χ1) is 11.7. The number of aliphatic hydroxyl groups excluding tert-OH is 1. The van der Waals surface area contributed by atoms with Crippen molar-refractivity contribution in [2.24, 2.45) is 0 Å². The van der Waals surface area contributed by atoms with Gasteiger partial charge >= 0.3 is 5.97 Å². The fraction of sp³-hybridized carbons (Fsp3) is 0.611. The van der Waals surface area contributed by atoms with Gasteiger partial charge in [0.05, 0.1) is 26.9 Å². The van der Waals surface area contributed by atoms with E-state index in [2.05, 4.69) is 4.74 Å². The second kappa shape index (κ2) is 12.8. The minimum absolute atomic E-state index is 0.393. The van der Waals surface area contributed by atoms with Crippen LogP contribution in [0.25, 0.3) is 0 Å². The second-order valence-corrected chi connectivity index (χ2v) is 5.23. The molecular formula is C18H28O6. The molecule has 0 aliphatic carbocycles. The van der Waals surface area contributed by atoms with Gasteiger partial charge in [0.1, 0.15) is 12.4 Å². The molecule has 0 unspecified atom stereocenters. The molecule has 0 saturated heterocycles. The van der Waals surface area contributed by atoms with Crippen LogP contribution in [0, 0.1) is 0 Å². The Morgan fingerprint density at radius 2 is 1.75 bits per heavy atom. The van der Waals surface area contributed by atoms with E-state index in [1.54, 1.807) is 0 Å². The summed E-state index contributed by atoms with van der Waals surface area (Å²) in [5.41, 5.74) is 1.13. The van der Waals surface area contributed by atoms with Gasteiger partial charge in [-0.15, -0.1) is 0 Å². The summed E-state index contributed by atoms with van der Waals surface area (Å²) in [4.78, 5) is 11.1. The summed E-state index contributed by atoms with van der Waals surface area (Å²) in [6.45, 7) is 4.86. The van der Waals surface area contributed by atoms with E-state index < -0.39 is 12.1 Å². The molecule has 0 fully saturated rings. The van der Waals surface area contributed by atoms with Gasteiger partial charge in [0.15, 0.2) is 6.10 Å². The molecule has 0 aliphatic rings. The normalized spacial score (nSPS) is 12.0. The van der Waals surface area contributed by atoms with Crippen LogP contribution in [-0.4, -0.2) is 57.3 Å². The molecule has 136 valence electrons. The first-order valence-corrected chi connectivity index (χ1v) is 8.30. The van der Waals surface area contributed by atoms with Gasteiger partial charge in [-0.2, -0.15) is 0 Å². The standard InChI is InChI=1S/C18H28O6/c1-3-22-11-12-23-13-14-24-16-9-7-15(8-10-16)5-4-6-17(19)18(20)21-2/h7-10,17,19H,3-6,11-14H2,1-2H3/t17-/m0/s1. The predicted octanol–water partition coefficient (Wildman–Crippen LogP) is 1.98. The van der Waals surface area contributed by atoms with Crippen LogP contribution < -0.4 is 4.74 Å². The highest BCUT2D eigenvalue weighted by Crippen LogP contribution is 2.14. The molecule has 1 atom stereocenters. The zero-order valence-corrected chi connectivity index (χ0v) is 14.5. The highest BCUT2D eigenvalue weighted by Gasteiger charge is 2.14. The maximum absolute atomic E-state index is 11.1. The summed E-state index contributed by atoms with van der Waals surface area (Å²) >= 11 is 0. The molecule has 1 aromatic rings. The lowest BCUT2D eigenvalue weighted by Gasteiger charge is -2.09. The number of carbonyl (C=O) groups is 1. The summed E-state index contributed by atoms with van der Waals surface area (Å²) in [7, 11) is 1.27. The molecule has 1 aromatic carbocycles. The van der Waals surface area contributed by atoms with Crippen LogP contribution in [0.15, 0.2) is 24.3 Å². The predicted molar refractivity (Wildman–Crippen MR) is 90.2 cm³/mol. The number of hydrogen-bond donors (Lipinski definition) is 1. The largest absolute Gasteiger partial charge is 0.491 e. The van der Waals surface area contributed by atoms with E-state index in [0.29, 0.717) is 45.9 Å². The Morgan fingerprint density at radius 1 is 1.08 bits per heavy atom. The Hall–Kier alpha value is -1.63. The van der Waals surface area contributed by atoms with E-state index in [0.717, 1.165) is 17.7 Å². The maximum atomic E-state index is 11.1. The third-order valence-electron chi connectivity index (χ3n) is 3.41. The highest BCUT2D eigenvalue weighted by atomic mass is 16.5. The number of methoxy groups -OCH3 is 1. The number of hydrogen-bond acceptors (Lipinski definition) is 6. The highest BCUT2D eigenvalue weighted by molar-refractivity contribution is 5.74. The first-order valence-electron chi connectivity index (χ1n) is 8.30. The van der Waals surface area contributed by atoms with Gasteiger partial charge in [-0.3, -0.25) is 0 Å². The lowest BCUT2D eigenvalue weighted by atomic mass is 10.1. The fourth-order valence-electron chi connectivity index (χ4n) is 2.09. The first kappa shape index (κ1) is 20.4. The average Bonchev–Trinajstić information content (AvgIpc) is 2.61. The molecule has 0 spiro atoms. The number of benzene rings is 1. The van der Waals surface area contributed by atoms with E-state index in [1.807, 2.05) is 31.2 Å². The molecule has 6 heteroatoms. The molecule has 0 bridgehead atoms. The van der Waals surface area contributed by atoms with Crippen molar-refractivity contribution in [1.82, 2.24) is 0 Å². The fourth-order valence-corrected chi connectivity index (χ4v) is 2.09. The summed E-state index contributed by atoms with van der Waals surface area (Å²) < 4.78 is 20.6. The van der Waals surface area contributed by atoms with E-state index in [-0.39, 0.29) is 0 Å². The van der Waals surface area contributed by atoms with Crippen LogP contribution in [0.3, 0.4) is 0 Å². The Balaban J connectivity index is 2.15. The van der Waals surface area contributed by atoms with Crippen molar-refractivity contribution < 1.29 is 28.8 Å². The number of aryl methyl sites for hydroxylation is 1. The summed E-state index contributed by atoms with van der Waals surface area (Å²) in [5.74, 6) is 0.212. The number of ether oxygens (including phenoxy) is 4. The van der Waals surface area contributed by atoms with Crippen molar-refractivity contribution in [2.45, 2.75) is 32.3 Å². The van der Waals surface area contributed by atoms with Crippen LogP contribution in [0.2, 0.25) is 0 Å². The van der Waals surface area contributed by atoms with Crippen molar-refractivity contribution >= 4 is 5.97 Å². The van der Waals surface area contributed by atoms with Crippen LogP contribution in [0.1, 0.15) is 25.3 Å². The van der Waals surface area contributed by atoms with Gasteiger partial charge in [0, 0.05) is 6.61 Å². The minimum atomic E-state index is -1.04. The Morgan fingerprint density at radius 3 is 2.42 bits per heavy atom. The number of aliphatic hydroxyl groups is 1. The monoisotopic (exact) mass is 340 g/mol. The summed E-state index contributed by atoms with van der Waals surface area (Å²) in [6, 6.07) is 7.78. The van der Waals surface area contributed by atoms with Gasteiger partial charge in [0.2, 0.25) is 0 Å². The van der Waals surface area contributed by atoms with Gasteiger partial charge in [-0.25, -0.2) is 4.79 Å². The third-order valence-corrected chi connectivity index (χ3v) is 3.41. The summed E-state index contributed by atoms with van der Waals surface area (Å²) in [6.07, 6.45) is 0.851. The zero-order chi connectivity index (χ0) is 17.6. The Kier molecular flexibility index (Phi) is 10.8. The van der Waals surface area contributed by atoms with Crippen LogP contribution in [0.5, 0.6) is 5.75 Å². The van der Waals surface area contributed by atoms with Gasteiger partial charge in [0.25, 0.3) is 0 Å². The second-order valence-electron chi connectivity index (χ2n) is 5.23. The molecule has 1 N–H and O–H groups in total. The van der Waals surface area contributed by atoms with Crippen LogP contribution in [-0.2, 0) is 25.4 Å². The van der Waals surface area contributed by atoms with Crippen molar-refractivity contribution in [3.63, 3.8) is 0 Å². The molecule has 0 heterocycles. The van der Waals surface area contributed by atoms with Crippen LogP contribution >= 0.6 is 0 Å². The molecule has 0 amide bonds.